The SMILES string of the molecule is C[C@H](OC(=O)CCC(=O)c1ccc(Cl)s1)C(=O)NCC1CCCCC1. The molecule has 138 valence electrons. The Morgan fingerprint density at radius 2 is 1.96 bits per heavy atom. The second-order valence-corrected chi connectivity index (χ2v) is 8.12. The summed E-state index contributed by atoms with van der Waals surface area (Å²) in [5.41, 5.74) is 0. The predicted molar refractivity (Wildman–Crippen MR) is 98.0 cm³/mol. The van der Waals surface area contributed by atoms with Crippen molar-refractivity contribution in [2.45, 2.75) is 58.0 Å². The number of Topliss-reactive ketones (excluding diaryl/α,β-unsaturated/α-hetero) is 1. The van der Waals surface area contributed by atoms with Gasteiger partial charge in [-0.05, 0) is 37.8 Å². The van der Waals surface area contributed by atoms with Gasteiger partial charge in [-0.25, -0.2) is 0 Å². The van der Waals surface area contributed by atoms with Crippen molar-refractivity contribution >= 4 is 40.6 Å². The fourth-order valence-corrected chi connectivity index (χ4v) is 3.90. The summed E-state index contributed by atoms with van der Waals surface area (Å²) in [4.78, 5) is 36.3. The number of hydrogen-bond donors (Lipinski definition) is 1. The van der Waals surface area contributed by atoms with Gasteiger partial charge < -0.3 is 10.1 Å². The van der Waals surface area contributed by atoms with Crippen molar-refractivity contribution in [2.75, 3.05) is 6.54 Å². The fraction of sp³-hybridized carbons (Fsp3) is 0.611. The molecule has 0 bridgehead atoms. The van der Waals surface area contributed by atoms with Crippen LogP contribution in [0.3, 0.4) is 0 Å². The molecule has 1 atom stereocenters. The maximum absolute atomic E-state index is 12.0. The van der Waals surface area contributed by atoms with Crippen LogP contribution >= 0.6 is 22.9 Å². The molecule has 0 aromatic carbocycles. The summed E-state index contributed by atoms with van der Waals surface area (Å²) in [6.45, 7) is 2.19. The Morgan fingerprint density at radius 3 is 2.60 bits per heavy atom. The van der Waals surface area contributed by atoms with E-state index in [2.05, 4.69) is 5.32 Å². The standard InChI is InChI=1S/C18H24ClNO4S/c1-12(18(23)20-11-13-5-3-2-4-6-13)24-17(22)10-7-14(21)15-8-9-16(19)25-15/h8-9,12-13H,2-7,10-11H2,1H3,(H,20,23)/t12-/m0/s1. The van der Waals surface area contributed by atoms with Gasteiger partial charge in [0.25, 0.3) is 5.91 Å². The maximum Gasteiger partial charge on any atom is 0.307 e. The average Bonchev–Trinajstić information content (AvgIpc) is 3.05. The number of halogens is 1. The number of amides is 1. The highest BCUT2D eigenvalue weighted by Gasteiger charge is 2.21. The van der Waals surface area contributed by atoms with Crippen LogP contribution < -0.4 is 5.32 Å². The summed E-state index contributed by atoms with van der Waals surface area (Å²) >= 11 is 6.97. The molecule has 2 rings (SSSR count). The molecule has 0 saturated heterocycles. The largest absolute Gasteiger partial charge is 0.453 e. The van der Waals surface area contributed by atoms with Gasteiger partial charge in [-0.1, -0.05) is 30.9 Å². The normalized spacial score (nSPS) is 16.2. The van der Waals surface area contributed by atoms with Gasteiger partial charge in [0.05, 0.1) is 15.6 Å². The lowest BCUT2D eigenvalue weighted by Crippen LogP contribution is -2.38. The zero-order chi connectivity index (χ0) is 18.2. The molecule has 1 aromatic heterocycles. The number of carbonyl (C=O) groups excluding carboxylic acids is 3. The van der Waals surface area contributed by atoms with Crippen molar-refractivity contribution in [1.82, 2.24) is 5.32 Å². The van der Waals surface area contributed by atoms with Gasteiger partial charge in [0, 0.05) is 13.0 Å². The molecule has 0 radical (unpaired) electrons. The smallest absolute Gasteiger partial charge is 0.307 e. The number of carbonyl (C=O) groups is 3. The molecule has 1 amide bonds. The van der Waals surface area contributed by atoms with Crippen molar-refractivity contribution in [3.05, 3.63) is 21.3 Å². The number of hydrogen-bond acceptors (Lipinski definition) is 5. The third-order valence-corrected chi connectivity index (χ3v) is 5.64. The molecule has 1 N–H and O–H groups in total. The predicted octanol–water partition coefficient (Wildman–Crippen LogP) is 3.99. The van der Waals surface area contributed by atoms with Gasteiger partial charge in [0.2, 0.25) is 0 Å². The van der Waals surface area contributed by atoms with Gasteiger partial charge in [0.1, 0.15) is 0 Å². The molecule has 1 saturated carbocycles. The minimum Gasteiger partial charge on any atom is -0.453 e. The third kappa shape index (κ3) is 6.78. The number of nitrogens with one attached hydrogen (secondary N) is 1. The van der Waals surface area contributed by atoms with Crippen molar-refractivity contribution in [2.24, 2.45) is 5.92 Å². The van der Waals surface area contributed by atoms with E-state index < -0.39 is 12.1 Å². The fourth-order valence-electron chi connectivity index (χ4n) is 2.89. The van der Waals surface area contributed by atoms with Gasteiger partial charge in [0.15, 0.2) is 11.9 Å². The minimum atomic E-state index is -0.845. The highest BCUT2D eigenvalue weighted by atomic mass is 35.5. The molecule has 7 heteroatoms. The van der Waals surface area contributed by atoms with Crippen LogP contribution in [0, 0.1) is 5.92 Å². The summed E-state index contributed by atoms with van der Waals surface area (Å²) in [5, 5.41) is 2.85. The summed E-state index contributed by atoms with van der Waals surface area (Å²) in [6.07, 6.45) is 5.15. The Hall–Kier alpha value is -1.40. The van der Waals surface area contributed by atoms with Crippen LogP contribution in [0.25, 0.3) is 0 Å². The maximum atomic E-state index is 12.0. The molecule has 1 aromatic rings. The van der Waals surface area contributed by atoms with Crippen LogP contribution in [0.15, 0.2) is 12.1 Å². The Labute approximate surface area is 157 Å². The Bertz CT molecular complexity index is 610. The van der Waals surface area contributed by atoms with E-state index in [1.807, 2.05) is 0 Å². The van der Waals surface area contributed by atoms with Crippen LogP contribution in [0.5, 0.6) is 0 Å². The van der Waals surface area contributed by atoms with Crippen LogP contribution in [0.2, 0.25) is 4.34 Å². The second kappa shape index (κ2) is 9.92. The van der Waals surface area contributed by atoms with Crippen LogP contribution in [-0.2, 0) is 14.3 Å². The van der Waals surface area contributed by atoms with Crippen molar-refractivity contribution in [1.29, 1.82) is 0 Å². The lowest BCUT2D eigenvalue weighted by atomic mass is 9.89. The number of ether oxygens (including phenoxy) is 1. The first-order chi connectivity index (χ1) is 12.0. The van der Waals surface area contributed by atoms with Crippen LogP contribution in [-0.4, -0.2) is 30.3 Å². The van der Waals surface area contributed by atoms with Crippen molar-refractivity contribution < 1.29 is 19.1 Å². The summed E-state index contributed by atoms with van der Waals surface area (Å²) < 4.78 is 5.65. The number of ketones is 1. The number of thiophene rings is 1. The first-order valence-corrected chi connectivity index (χ1v) is 9.91. The molecule has 1 aliphatic rings. The van der Waals surface area contributed by atoms with Gasteiger partial charge >= 0.3 is 5.97 Å². The van der Waals surface area contributed by atoms with E-state index in [9.17, 15) is 14.4 Å². The second-order valence-electron chi connectivity index (χ2n) is 6.41. The lowest BCUT2D eigenvalue weighted by molar-refractivity contribution is -0.154. The van der Waals surface area contributed by atoms with Crippen LogP contribution in [0.1, 0.15) is 61.5 Å². The van der Waals surface area contributed by atoms with E-state index in [0.29, 0.717) is 21.7 Å². The van der Waals surface area contributed by atoms with E-state index in [0.717, 1.165) is 12.8 Å². The van der Waals surface area contributed by atoms with E-state index in [1.54, 1.807) is 19.1 Å². The molecule has 5 nitrogen and oxygen atoms in total. The topological polar surface area (TPSA) is 72.5 Å². The molecule has 1 heterocycles. The quantitative estimate of drug-likeness (QED) is 0.542. The Kier molecular flexibility index (Phi) is 7.90. The monoisotopic (exact) mass is 385 g/mol. The van der Waals surface area contributed by atoms with Crippen LogP contribution in [0.4, 0.5) is 0 Å². The minimum absolute atomic E-state index is 0.0470. The lowest BCUT2D eigenvalue weighted by Gasteiger charge is -2.22. The summed E-state index contributed by atoms with van der Waals surface area (Å²) in [5.74, 6) is -0.453. The molecule has 0 aliphatic heterocycles. The Balaban J connectivity index is 1.66. The summed E-state index contributed by atoms with van der Waals surface area (Å²) in [6, 6.07) is 3.29. The number of esters is 1. The van der Waals surface area contributed by atoms with Gasteiger partial charge in [-0.3, -0.25) is 14.4 Å². The first-order valence-electron chi connectivity index (χ1n) is 8.71. The molecule has 1 aliphatic carbocycles. The van der Waals surface area contributed by atoms with Gasteiger partial charge in [-0.15, -0.1) is 11.3 Å². The number of rotatable bonds is 8. The zero-order valence-corrected chi connectivity index (χ0v) is 16.0. The average molecular weight is 386 g/mol. The zero-order valence-electron chi connectivity index (χ0n) is 14.4. The Morgan fingerprint density at radius 1 is 1.24 bits per heavy atom. The van der Waals surface area contributed by atoms with Gasteiger partial charge in [-0.2, -0.15) is 0 Å². The van der Waals surface area contributed by atoms with E-state index in [1.165, 1.54) is 30.6 Å². The van der Waals surface area contributed by atoms with E-state index in [-0.39, 0.29) is 24.5 Å². The van der Waals surface area contributed by atoms with Crippen molar-refractivity contribution in [3.8, 4) is 0 Å². The van der Waals surface area contributed by atoms with E-state index in [4.69, 9.17) is 16.3 Å². The molecular weight excluding hydrogens is 362 g/mol. The first kappa shape index (κ1) is 19.9. The molecule has 25 heavy (non-hydrogen) atoms. The highest BCUT2D eigenvalue weighted by molar-refractivity contribution is 7.18. The highest BCUT2D eigenvalue weighted by Crippen LogP contribution is 2.23. The molecule has 0 unspecified atom stereocenters. The molecular formula is C18H24ClNO4S. The van der Waals surface area contributed by atoms with Crippen molar-refractivity contribution in [3.63, 3.8) is 0 Å². The summed E-state index contributed by atoms with van der Waals surface area (Å²) in [7, 11) is 0. The molecule has 0 spiro atoms. The van der Waals surface area contributed by atoms with E-state index >= 15 is 0 Å². The third-order valence-electron chi connectivity index (χ3n) is 4.37. The molecule has 1 fully saturated rings.